The Balaban J connectivity index is 2.50. The van der Waals surface area contributed by atoms with Gasteiger partial charge in [-0.3, -0.25) is 4.79 Å². The van der Waals surface area contributed by atoms with Gasteiger partial charge in [-0.1, -0.05) is 0 Å². The van der Waals surface area contributed by atoms with Crippen LogP contribution in [0, 0.1) is 6.92 Å². The van der Waals surface area contributed by atoms with E-state index in [1.165, 1.54) is 16.5 Å². The Labute approximate surface area is 101 Å². The number of aryl methyl sites for hydroxylation is 1. The lowest BCUT2D eigenvalue weighted by molar-refractivity contribution is -0.127. The number of hydrogen-bond acceptors (Lipinski definition) is 3. The fraction of sp³-hybridized carbons (Fsp3) is 0.545. The van der Waals surface area contributed by atoms with Crippen molar-refractivity contribution in [1.29, 1.82) is 0 Å². The standard InChI is InChI=1S/C11H18N4O2/c1-9-7-12-15(8-9)11(17)14(4)6-5-13(3)10(2)16/h7-8H,5-6H2,1-4H3. The molecular formula is C11H18N4O2. The molecule has 0 aliphatic rings. The SMILES string of the molecule is CC(=O)N(C)CCN(C)C(=O)n1cc(C)cn1. The van der Waals surface area contributed by atoms with Gasteiger partial charge in [0.1, 0.15) is 0 Å². The first-order chi connectivity index (χ1) is 7.91. The van der Waals surface area contributed by atoms with Crippen LogP contribution in [0.5, 0.6) is 0 Å². The van der Waals surface area contributed by atoms with Gasteiger partial charge in [0.2, 0.25) is 5.91 Å². The highest BCUT2D eigenvalue weighted by Crippen LogP contribution is 1.97. The van der Waals surface area contributed by atoms with Gasteiger partial charge in [-0.2, -0.15) is 9.78 Å². The zero-order valence-corrected chi connectivity index (χ0v) is 10.7. The number of carbonyl (C=O) groups excluding carboxylic acids is 2. The van der Waals surface area contributed by atoms with Crippen molar-refractivity contribution in [3.63, 3.8) is 0 Å². The van der Waals surface area contributed by atoms with E-state index in [1.807, 2.05) is 6.92 Å². The summed E-state index contributed by atoms with van der Waals surface area (Å²) in [5.74, 6) is -0.0132. The molecule has 1 aromatic heterocycles. The molecule has 0 radical (unpaired) electrons. The van der Waals surface area contributed by atoms with Crippen molar-refractivity contribution in [3.05, 3.63) is 18.0 Å². The van der Waals surface area contributed by atoms with E-state index < -0.39 is 0 Å². The summed E-state index contributed by atoms with van der Waals surface area (Å²) in [4.78, 5) is 26.0. The summed E-state index contributed by atoms with van der Waals surface area (Å²) in [6.07, 6.45) is 3.31. The summed E-state index contributed by atoms with van der Waals surface area (Å²) in [5.41, 5.74) is 0.938. The monoisotopic (exact) mass is 238 g/mol. The van der Waals surface area contributed by atoms with E-state index in [0.29, 0.717) is 13.1 Å². The van der Waals surface area contributed by atoms with Crippen molar-refractivity contribution < 1.29 is 9.59 Å². The van der Waals surface area contributed by atoms with Crippen LogP contribution in [0.4, 0.5) is 4.79 Å². The molecule has 0 bridgehead atoms. The highest BCUT2D eigenvalue weighted by molar-refractivity contribution is 5.76. The zero-order chi connectivity index (χ0) is 13.0. The van der Waals surface area contributed by atoms with Gasteiger partial charge in [0.25, 0.3) is 0 Å². The number of aromatic nitrogens is 2. The smallest absolute Gasteiger partial charge is 0.344 e. The van der Waals surface area contributed by atoms with Gasteiger partial charge >= 0.3 is 6.03 Å². The molecule has 1 aromatic rings. The summed E-state index contributed by atoms with van der Waals surface area (Å²) >= 11 is 0. The predicted octanol–water partition coefficient (Wildman–Crippen LogP) is 0.570. The van der Waals surface area contributed by atoms with E-state index in [1.54, 1.807) is 31.4 Å². The second kappa shape index (κ2) is 5.47. The van der Waals surface area contributed by atoms with E-state index in [2.05, 4.69) is 5.10 Å². The van der Waals surface area contributed by atoms with E-state index in [9.17, 15) is 9.59 Å². The lowest BCUT2D eigenvalue weighted by Crippen LogP contribution is -2.38. The molecule has 1 rings (SSSR count). The number of likely N-dealkylation sites (N-methyl/N-ethyl adjacent to an activating group) is 2. The summed E-state index contributed by atoms with van der Waals surface area (Å²) in [6, 6.07) is -0.199. The van der Waals surface area contributed by atoms with Crippen molar-refractivity contribution in [2.45, 2.75) is 13.8 Å². The Bertz CT molecular complexity index is 413. The second-order valence-electron chi connectivity index (χ2n) is 4.11. The molecule has 0 saturated heterocycles. The third-order valence-electron chi connectivity index (χ3n) is 2.54. The zero-order valence-electron chi connectivity index (χ0n) is 10.7. The number of hydrogen-bond donors (Lipinski definition) is 0. The molecule has 0 unspecified atom stereocenters. The molecule has 1 heterocycles. The molecule has 17 heavy (non-hydrogen) atoms. The van der Waals surface area contributed by atoms with Gasteiger partial charge in [-0.15, -0.1) is 0 Å². The van der Waals surface area contributed by atoms with E-state index >= 15 is 0 Å². The maximum Gasteiger partial charge on any atom is 0.344 e. The van der Waals surface area contributed by atoms with Crippen LogP contribution in [0.1, 0.15) is 12.5 Å². The Hall–Kier alpha value is -1.85. The molecule has 0 spiro atoms. The third kappa shape index (κ3) is 3.58. The second-order valence-corrected chi connectivity index (χ2v) is 4.11. The maximum atomic E-state index is 11.9. The molecule has 0 atom stereocenters. The first-order valence-electron chi connectivity index (χ1n) is 5.40. The molecule has 0 aliphatic heterocycles. The molecule has 94 valence electrons. The number of amides is 2. The maximum absolute atomic E-state index is 11.9. The molecule has 6 heteroatoms. The fourth-order valence-electron chi connectivity index (χ4n) is 1.25. The molecule has 0 aromatic carbocycles. The minimum Gasteiger partial charge on any atom is -0.344 e. The van der Waals surface area contributed by atoms with Crippen LogP contribution in [0.3, 0.4) is 0 Å². The lowest BCUT2D eigenvalue weighted by atomic mass is 10.4. The first-order valence-corrected chi connectivity index (χ1v) is 5.40. The van der Waals surface area contributed by atoms with Gasteiger partial charge in [0.05, 0.1) is 6.20 Å². The van der Waals surface area contributed by atoms with Crippen molar-refractivity contribution in [1.82, 2.24) is 19.6 Å². The average molecular weight is 238 g/mol. The van der Waals surface area contributed by atoms with Crippen molar-refractivity contribution >= 4 is 11.9 Å². The van der Waals surface area contributed by atoms with E-state index in [4.69, 9.17) is 0 Å². The van der Waals surface area contributed by atoms with Gasteiger partial charge in [-0.05, 0) is 12.5 Å². The van der Waals surface area contributed by atoms with Crippen LogP contribution >= 0.6 is 0 Å². The van der Waals surface area contributed by atoms with Crippen molar-refractivity contribution in [2.75, 3.05) is 27.2 Å². The van der Waals surface area contributed by atoms with Crippen LogP contribution < -0.4 is 0 Å². The predicted molar refractivity (Wildman–Crippen MR) is 63.7 cm³/mol. The van der Waals surface area contributed by atoms with Gasteiger partial charge in [-0.25, -0.2) is 4.79 Å². The molecular weight excluding hydrogens is 220 g/mol. The summed E-state index contributed by atoms with van der Waals surface area (Å²) < 4.78 is 1.29. The van der Waals surface area contributed by atoms with Crippen LogP contribution in [0.25, 0.3) is 0 Å². The van der Waals surface area contributed by atoms with Crippen molar-refractivity contribution in [2.24, 2.45) is 0 Å². The van der Waals surface area contributed by atoms with Crippen LogP contribution in [-0.4, -0.2) is 58.7 Å². The van der Waals surface area contributed by atoms with E-state index in [-0.39, 0.29) is 11.9 Å². The highest BCUT2D eigenvalue weighted by atomic mass is 16.2. The van der Waals surface area contributed by atoms with Crippen LogP contribution in [0.2, 0.25) is 0 Å². The Morgan fingerprint density at radius 2 is 1.88 bits per heavy atom. The lowest BCUT2D eigenvalue weighted by Gasteiger charge is -2.21. The van der Waals surface area contributed by atoms with Gasteiger partial charge < -0.3 is 9.80 Å². The summed E-state index contributed by atoms with van der Waals surface area (Å²) in [6.45, 7) is 4.37. The van der Waals surface area contributed by atoms with Crippen molar-refractivity contribution in [3.8, 4) is 0 Å². The quantitative estimate of drug-likeness (QED) is 0.773. The highest BCUT2D eigenvalue weighted by Gasteiger charge is 2.12. The fourth-order valence-corrected chi connectivity index (χ4v) is 1.25. The number of nitrogens with zero attached hydrogens (tertiary/aromatic N) is 4. The molecule has 0 aliphatic carbocycles. The van der Waals surface area contributed by atoms with E-state index in [0.717, 1.165) is 5.56 Å². The molecule has 0 N–H and O–H groups in total. The average Bonchev–Trinajstić information content (AvgIpc) is 2.70. The topological polar surface area (TPSA) is 58.4 Å². The largest absolute Gasteiger partial charge is 0.344 e. The Kier molecular flexibility index (Phi) is 4.25. The molecule has 0 saturated carbocycles. The molecule has 6 nitrogen and oxygen atoms in total. The molecule has 2 amide bonds. The number of carbonyl (C=O) groups is 2. The van der Waals surface area contributed by atoms with Crippen LogP contribution in [0.15, 0.2) is 12.4 Å². The first kappa shape index (κ1) is 13.2. The Morgan fingerprint density at radius 1 is 1.29 bits per heavy atom. The number of rotatable bonds is 3. The normalized spacial score (nSPS) is 10.1. The minimum absolute atomic E-state index is 0.0132. The van der Waals surface area contributed by atoms with Gasteiger partial charge in [0, 0.05) is 40.3 Å². The van der Waals surface area contributed by atoms with Crippen LogP contribution in [-0.2, 0) is 4.79 Å². The summed E-state index contributed by atoms with van der Waals surface area (Å²) in [7, 11) is 3.39. The van der Waals surface area contributed by atoms with Gasteiger partial charge in [0.15, 0.2) is 0 Å². The Morgan fingerprint density at radius 3 is 2.35 bits per heavy atom. The summed E-state index contributed by atoms with van der Waals surface area (Å²) in [5, 5.41) is 3.94. The minimum atomic E-state index is -0.199. The molecule has 0 fully saturated rings. The third-order valence-corrected chi connectivity index (χ3v) is 2.54.